The number of benzene rings is 1. The lowest BCUT2D eigenvalue weighted by molar-refractivity contribution is 0.172. The summed E-state index contributed by atoms with van der Waals surface area (Å²) in [5.74, 6) is 1.49. The lowest BCUT2D eigenvalue weighted by Gasteiger charge is -2.19. The maximum atomic E-state index is 6.34. The van der Waals surface area contributed by atoms with E-state index in [1.54, 1.807) is 0 Å². The van der Waals surface area contributed by atoms with Crippen LogP contribution in [-0.2, 0) is 0 Å². The van der Waals surface area contributed by atoms with E-state index in [-0.39, 0.29) is 0 Å². The first-order valence-corrected chi connectivity index (χ1v) is 5.90. The SMILES string of the molecule is Cc1nc2cc3c(cc2c(Cl)c1C)OCCO3. The first kappa shape index (κ1) is 10.7. The minimum absolute atomic E-state index is 0.578. The summed E-state index contributed by atoms with van der Waals surface area (Å²) in [6.45, 7) is 5.09. The van der Waals surface area contributed by atoms with Crippen molar-refractivity contribution in [1.29, 1.82) is 0 Å². The monoisotopic (exact) mass is 249 g/mol. The van der Waals surface area contributed by atoms with Gasteiger partial charge in [-0.2, -0.15) is 0 Å². The first-order chi connectivity index (χ1) is 8.16. The zero-order valence-electron chi connectivity index (χ0n) is 9.71. The standard InChI is InChI=1S/C13H12ClNO2/c1-7-8(2)15-10-6-12-11(16-3-4-17-12)5-9(10)13(7)14/h5-6H,3-4H2,1-2H3. The van der Waals surface area contributed by atoms with Gasteiger partial charge >= 0.3 is 0 Å². The Balaban J connectivity index is 2.34. The molecule has 1 aliphatic rings. The van der Waals surface area contributed by atoms with Crippen LogP contribution in [0.4, 0.5) is 0 Å². The topological polar surface area (TPSA) is 31.4 Å². The molecule has 88 valence electrons. The molecule has 0 saturated heterocycles. The molecule has 0 saturated carbocycles. The van der Waals surface area contributed by atoms with E-state index in [1.807, 2.05) is 26.0 Å². The van der Waals surface area contributed by atoms with Crippen molar-refractivity contribution in [1.82, 2.24) is 4.98 Å². The maximum Gasteiger partial charge on any atom is 0.163 e. The molecule has 17 heavy (non-hydrogen) atoms. The van der Waals surface area contributed by atoms with E-state index < -0.39 is 0 Å². The average molecular weight is 250 g/mol. The van der Waals surface area contributed by atoms with Crippen LogP contribution in [0.15, 0.2) is 12.1 Å². The number of nitrogens with zero attached hydrogens (tertiary/aromatic N) is 1. The molecule has 0 bridgehead atoms. The van der Waals surface area contributed by atoms with Crippen molar-refractivity contribution in [2.24, 2.45) is 0 Å². The molecule has 0 radical (unpaired) electrons. The van der Waals surface area contributed by atoms with Crippen LogP contribution in [0, 0.1) is 13.8 Å². The molecule has 0 amide bonds. The third-order valence-corrected chi connectivity index (χ3v) is 3.54. The smallest absolute Gasteiger partial charge is 0.163 e. The Hall–Kier alpha value is -1.48. The van der Waals surface area contributed by atoms with Gasteiger partial charge in [0, 0.05) is 17.1 Å². The van der Waals surface area contributed by atoms with Gasteiger partial charge in [0.15, 0.2) is 11.5 Å². The van der Waals surface area contributed by atoms with Gasteiger partial charge in [-0.05, 0) is 25.5 Å². The van der Waals surface area contributed by atoms with Crippen LogP contribution < -0.4 is 9.47 Å². The normalized spacial score (nSPS) is 14.1. The van der Waals surface area contributed by atoms with E-state index >= 15 is 0 Å². The molecule has 0 atom stereocenters. The molecule has 4 heteroatoms. The second-order valence-corrected chi connectivity index (χ2v) is 4.53. The van der Waals surface area contributed by atoms with Gasteiger partial charge in [0.2, 0.25) is 0 Å². The fourth-order valence-corrected chi connectivity index (χ4v) is 2.26. The van der Waals surface area contributed by atoms with Gasteiger partial charge in [0.25, 0.3) is 0 Å². The summed E-state index contributed by atoms with van der Waals surface area (Å²) in [6.07, 6.45) is 0. The number of rotatable bonds is 0. The molecule has 2 heterocycles. The highest BCUT2D eigenvalue weighted by atomic mass is 35.5. The van der Waals surface area contributed by atoms with Crippen LogP contribution in [-0.4, -0.2) is 18.2 Å². The van der Waals surface area contributed by atoms with Crippen LogP contribution in [0.3, 0.4) is 0 Å². The van der Waals surface area contributed by atoms with Crippen molar-refractivity contribution in [2.45, 2.75) is 13.8 Å². The van der Waals surface area contributed by atoms with Gasteiger partial charge in [-0.25, -0.2) is 0 Å². The van der Waals surface area contributed by atoms with E-state index in [2.05, 4.69) is 4.98 Å². The number of pyridine rings is 1. The molecule has 1 aliphatic heterocycles. The molecule has 3 nitrogen and oxygen atoms in total. The van der Waals surface area contributed by atoms with Crippen LogP contribution in [0.1, 0.15) is 11.3 Å². The largest absolute Gasteiger partial charge is 0.486 e. The van der Waals surface area contributed by atoms with E-state index in [1.165, 1.54) is 0 Å². The van der Waals surface area contributed by atoms with Gasteiger partial charge in [-0.15, -0.1) is 0 Å². The van der Waals surface area contributed by atoms with E-state index in [4.69, 9.17) is 21.1 Å². The molecule has 0 N–H and O–H groups in total. The van der Waals surface area contributed by atoms with Crippen LogP contribution in [0.25, 0.3) is 10.9 Å². The predicted octanol–water partition coefficient (Wildman–Crippen LogP) is 3.28. The predicted molar refractivity (Wildman–Crippen MR) is 67.2 cm³/mol. The molecular formula is C13H12ClNO2. The first-order valence-electron chi connectivity index (χ1n) is 5.53. The van der Waals surface area contributed by atoms with Crippen molar-refractivity contribution in [2.75, 3.05) is 13.2 Å². The Morgan fingerprint density at radius 1 is 1.12 bits per heavy atom. The van der Waals surface area contributed by atoms with Crippen LogP contribution in [0.5, 0.6) is 11.5 Å². The third-order valence-electron chi connectivity index (χ3n) is 3.06. The molecule has 1 aromatic heterocycles. The fraction of sp³-hybridized carbons (Fsp3) is 0.308. The van der Waals surface area contributed by atoms with Crippen molar-refractivity contribution < 1.29 is 9.47 Å². The Kier molecular flexibility index (Phi) is 2.37. The number of hydrogen-bond acceptors (Lipinski definition) is 3. The minimum atomic E-state index is 0.578. The van der Waals surface area contributed by atoms with Gasteiger partial charge < -0.3 is 9.47 Å². The Bertz CT molecular complexity index is 610. The highest BCUT2D eigenvalue weighted by molar-refractivity contribution is 6.36. The number of aryl methyl sites for hydroxylation is 1. The molecule has 0 spiro atoms. The quantitative estimate of drug-likeness (QED) is 0.718. The number of halogens is 1. The van der Waals surface area contributed by atoms with Crippen molar-refractivity contribution >= 4 is 22.5 Å². The van der Waals surface area contributed by atoms with Crippen molar-refractivity contribution in [3.05, 3.63) is 28.4 Å². The molecular weight excluding hydrogens is 238 g/mol. The number of hydrogen-bond donors (Lipinski definition) is 0. The third kappa shape index (κ3) is 1.62. The summed E-state index contributed by atoms with van der Waals surface area (Å²) >= 11 is 6.34. The van der Waals surface area contributed by atoms with E-state index in [0.29, 0.717) is 13.2 Å². The Labute approximate surface area is 104 Å². The summed E-state index contributed by atoms with van der Waals surface area (Å²) < 4.78 is 11.1. The van der Waals surface area contributed by atoms with Gasteiger partial charge in [-0.1, -0.05) is 11.6 Å². The second kappa shape index (κ2) is 3.77. The van der Waals surface area contributed by atoms with Gasteiger partial charge in [0.05, 0.1) is 10.5 Å². The number of aromatic nitrogens is 1. The van der Waals surface area contributed by atoms with E-state index in [9.17, 15) is 0 Å². The zero-order chi connectivity index (χ0) is 12.0. The molecule has 0 fully saturated rings. The molecule has 1 aromatic carbocycles. The van der Waals surface area contributed by atoms with Gasteiger partial charge in [-0.3, -0.25) is 4.98 Å². The molecule has 0 aliphatic carbocycles. The lowest BCUT2D eigenvalue weighted by atomic mass is 10.1. The van der Waals surface area contributed by atoms with Crippen LogP contribution >= 0.6 is 11.6 Å². The zero-order valence-corrected chi connectivity index (χ0v) is 10.5. The molecule has 3 rings (SSSR count). The number of fused-ring (bicyclic) bond motifs is 2. The Morgan fingerprint density at radius 2 is 1.76 bits per heavy atom. The Morgan fingerprint density at radius 3 is 2.47 bits per heavy atom. The van der Waals surface area contributed by atoms with E-state index in [0.717, 1.165) is 38.7 Å². The lowest BCUT2D eigenvalue weighted by Crippen LogP contribution is -2.15. The molecule has 0 unspecified atom stereocenters. The summed E-state index contributed by atoms with van der Waals surface area (Å²) in [4.78, 5) is 4.52. The molecule has 2 aromatic rings. The summed E-state index contributed by atoms with van der Waals surface area (Å²) in [7, 11) is 0. The summed E-state index contributed by atoms with van der Waals surface area (Å²) in [5.41, 5.74) is 2.80. The average Bonchev–Trinajstić information content (AvgIpc) is 2.34. The fourth-order valence-electron chi connectivity index (χ4n) is 1.97. The highest BCUT2D eigenvalue weighted by Crippen LogP contribution is 2.37. The summed E-state index contributed by atoms with van der Waals surface area (Å²) in [6, 6.07) is 3.80. The van der Waals surface area contributed by atoms with Crippen LogP contribution in [0.2, 0.25) is 5.02 Å². The summed E-state index contributed by atoms with van der Waals surface area (Å²) in [5, 5.41) is 1.66. The minimum Gasteiger partial charge on any atom is -0.486 e. The maximum absolute atomic E-state index is 6.34. The highest BCUT2D eigenvalue weighted by Gasteiger charge is 2.16. The van der Waals surface area contributed by atoms with Crippen molar-refractivity contribution in [3.63, 3.8) is 0 Å². The second-order valence-electron chi connectivity index (χ2n) is 4.15. The van der Waals surface area contributed by atoms with Gasteiger partial charge in [0.1, 0.15) is 13.2 Å². The number of ether oxygens (including phenoxy) is 2. The van der Waals surface area contributed by atoms with Crippen molar-refractivity contribution in [3.8, 4) is 11.5 Å².